The Labute approximate surface area is 143 Å². The van der Waals surface area contributed by atoms with Gasteiger partial charge in [0.05, 0.1) is 4.90 Å². The quantitative estimate of drug-likeness (QED) is 0.807. The predicted molar refractivity (Wildman–Crippen MR) is 94.5 cm³/mol. The van der Waals surface area contributed by atoms with E-state index in [0.29, 0.717) is 25.1 Å². The molecule has 2 aromatic carbocycles. The van der Waals surface area contributed by atoms with Crippen LogP contribution in [0, 0.1) is 6.92 Å². The lowest BCUT2D eigenvalue weighted by molar-refractivity contribution is 0.0954. The Kier molecular flexibility index (Phi) is 6.11. The SMILES string of the molecule is CCNS(=O)(=O)c1ccc(CCNC(=O)c2cccc(C)c2)cc1. The average molecular weight is 346 g/mol. The molecule has 0 bridgehead atoms. The van der Waals surface area contributed by atoms with Crippen molar-refractivity contribution in [1.29, 1.82) is 0 Å². The molecular weight excluding hydrogens is 324 g/mol. The summed E-state index contributed by atoms with van der Waals surface area (Å²) in [6, 6.07) is 14.1. The van der Waals surface area contributed by atoms with E-state index >= 15 is 0 Å². The maximum atomic E-state index is 12.0. The smallest absolute Gasteiger partial charge is 0.251 e. The van der Waals surface area contributed by atoms with E-state index in [9.17, 15) is 13.2 Å². The van der Waals surface area contributed by atoms with Gasteiger partial charge < -0.3 is 5.32 Å². The Morgan fingerprint density at radius 1 is 1.08 bits per heavy atom. The fourth-order valence-corrected chi connectivity index (χ4v) is 3.36. The van der Waals surface area contributed by atoms with E-state index in [1.807, 2.05) is 25.1 Å². The van der Waals surface area contributed by atoms with Crippen LogP contribution >= 0.6 is 0 Å². The van der Waals surface area contributed by atoms with Crippen molar-refractivity contribution < 1.29 is 13.2 Å². The highest BCUT2D eigenvalue weighted by molar-refractivity contribution is 7.89. The van der Waals surface area contributed by atoms with E-state index in [2.05, 4.69) is 10.0 Å². The molecule has 0 radical (unpaired) electrons. The molecule has 2 rings (SSSR count). The van der Waals surface area contributed by atoms with Crippen molar-refractivity contribution in [2.24, 2.45) is 0 Å². The van der Waals surface area contributed by atoms with Crippen LogP contribution in [0.5, 0.6) is 0 Å². The summed E-state index contributed by atoms with van der Waals surface area (Å²) in [6.45, 7) is 4.53. The van der Waals surface area contributed by atoms with Crippen LogP contribution in [0.25, 0.3) is 0 Å². The first-order chi connectivity index (χ1) is 11.4. The highest BCUT2D eigenvalue weighted by atomic mass is 32.2. The lowest BCUT2D eigenvalue weighted by Gasteiger charge is -2.08. The maximum Gasteiger partial charge on any atom is 0.251 e. The molecular formula is C18H22N2O3S. The number of benzene rings is 2. The van der Waals surface area contributed by atoms with Gasteiger partial charge in [-0.2, -0.15) is 0 Å². The van der Waals surface area contributed by atoms with Crippen molar-refractivity contribution >= 4 is 15.9 Å². The summed E-state index contributed by atoms with van der Waals surface area (Å²) in [6.07, 6.45) is 0.638. The molecule has 0 aliphatic carbocycles. The molecule has 0 fully saturated rings. The van der Waals surface area contributed by atoms with Crippen LogP contribution in [-0.4, -0.2) is 27.4 Å². The number of aryl methyl sites for hydroxylation is 1. The van der Waals surface area contributed by atoms with Crippen molar-refractivity contribution in [3.8, 4) is 0 Å². The van der Waals surface area contributed by atoms with E-state index in [1.54, 1.807) is 37.3 Å². The van der Waals surface area contributed by atoms with Crippen LogP contribution in [0.15, 0.2) is 53.4 Å². The van der Waals surface area contributed by atoms with Crippen molar-refractivity contribution in [3.05, 3.63) is 65.2 Å². The lowest BCUT2D eigenvalue weighted by Crippen LogP contribution is -2.25. The zero-order chi connectivity index (χ0) is 17.6. The van der Waals surface area contributed by atoms with Gasteiger partial charge in [0.1, 0.15) is 0 Å². The molecule has 0 aliphatic rings. The third-order valence-electron chi connectivity index (χ3n) is 3.55. The summed E-state index contributed by atoms with van der Waals surface area (Å²) in [4.78, 5) is 12.3. The third kappa shape index (κ3) is 4.91. The zero-order valence-electron chi connectivity index (χ0n) is 13.9. The largest absolute Gasteiger partial charge is 0.352 e. The van der Waals surface area contributed by atoms with Gasteiger partial charge in [0, 0.05) is 18.7 Å². The van der Waals surface area contributed by atoms with Gasteiger partial charge >= 0.3 is 0 Å². The van der Waals surface area contributed by atoms with Gasteiger partial charge in [-0.3, -0.25) is 4.79 Å². The molecule has 0 saturated heterocycles. The molecule has 0 atom stereocenters. The second kappa shape index (κ2) is 8.08. The Hall–Kier alpha value is -2.18. The number of hydrogen-bond donors (Lipinski definition) is 2. The summed E-state index contributed by atoms with van der Waals surface area (Å²) in [5.74, 6) is -0.106. The van der Waals surface area contributed by atoms with Gasteiger partial charge in [-0.15, -0.1) is 0 Å². The first-order valence-corrected chi connectivity index (χ1v) is 9.34. The minimum atomic E-state index is -3.42. The Morgan fingerprint density at radius 2 is 1.79 bits per heavy atom. The molecule has 0 aliphatic heterocycles. The second-order valence-corrected chi connectivity index (χ2v) is 7.29. The zero-order valence-corrected chi connectivity index (χ0v) is 14.7. The number of carbonyl (C=O) groups is 1. The Bertz CT molecular complexity index is 799. The van der Waals surface area contributed by atoms with E-state index in [1.165, 1.54) is 0 Å². The molecule has 2 aromatic rings. The number of sulfonamides is 1. The molecule has 0 spiro atoms. The molecule has 0 heterocycles. The van der Waals surface area contributed by atoms with Gasteiger partial charge in [-0.05, 0) is 43.2 Å². The minimum Gasteiger partial charge on any atom is -0.352 e. The molecule has 2 N–H and O–H groups in total. The summed E-state index contributed by atoms with van der Waals surface area (Å²) in [5, 5.41) is 2.87. The highest BCUT2D eigenvalue weighted by Gasteiger charge is 2.11. The second-order valence-electron chi connectivity index (χ2n) is 5.52. The summed E-state index contributed by atoms with van der Waals surface area (Å²) < 4.78 is 26.2. The van der Waals surface area contributed by atoms with Crippen molar-refractivity contribution in [1.82, 2.24) is 10.0 Å². The number of carbonyl (C=O) groups excluding carboxylic acids is 1. The minimum absolute atomic E-state index is 0.106. The van der Waals surface area contributed by atoms with Gasteiger partial charge in [0.25, 0.3) is 5.91 Å². The van der Waals surface area contributed by atoms with Crippen LogP contribution < -0.4 is 10.0 Å². The van der Waals surface area contributed by atoms with Crippen LogP contribution in [-0.2, 0) is 16.4 Å². The molecule has 1 amide bonds. The molecule has 24 heavy (non-hydrogen) atoms. The number of hydrogen-bond acceptors (Lipinski definition) is 3. The number of rotatable bonds is 7. The summed E-state index contributed by atoms with van der Waals surface area (Å²) in [7, 11) is -3.42. The topological polar surface area (TPSA) is 75.3 Å². The average Bonchev–Trinajstić information content (AvgIpc) is 2.55. The Balaban J connectivity index is 1.90. The van der Waals surface area contributed by atoms with Crippen molar-refractivity contribution in [2.45, 2.75) is 25.2 Å². The van der Waals surface area contributed by atoms with Crippen LogP contribution in [0.4, 0.5) is 0 Å². The first-order valence-electron chi connectivity index (χ1n) is 7.86. The first kappa shape index (κ1) is 18.2. The fraction of sp³-hybridized carbons (Fsp3) is 0.278. The van der Waals surface area contributed by atoms with Crippen molar-refractivity contribution in [3.63, 3.8) is 0 Å². The van der Waals surface area contributed by atoms with Crippen LogP contribution in [0.3, 0.4) is 0 Å². The Morgan fingerprint density at radius 3 is 2.42 bits per heavy atom. The molecule has 0 aromatic heterocycles. The normalized spacial score (nSPS) is 11.2. The van der Waals surface area contributed by atoms with Gasteiger partial charge in [-0.25, -0.2) is 13.1 Å². The van der Waals surface area contributed by atoms with E-state index < -0.39 is 10.0 Å². The van der Waals surface area contributed by atoms with Crippen molar-refractivity contribution in [2.75, 3.05) is 13.1 Å². The van der Waals surface area contributed by atoms with E-state index in [0.717, 1.165) is 11.1 Å². The lowest BCUT2D eigenvalue weighted by atomic mass is 10.1. The molecule has 0 saturated carbocycles. The van der Waals surface area contributed by atoms with Crippen LogP contribution in [0.2, 0.25) is 0 Å². The fourth-order valence-electron chi connectivity index (χ4n) is 2.32. The standard InChI is InChI=1S/C18H22N2O3S/c1-3-20-24(22,23)17-9-7-15(8-10-17)11-12-19-18(21)16-6-4-5-14(2)13-16/h4-10,13,20H,3,11-12H2,1-2H3,(H,19,21). The van der Waals surface area contributed by atoms with E-state index in [-0.39, 0.29) is 10.8 Å². The monoisotopic (exact) mass is 346 g/mol. The van der Waals surface area contributed by atoms with Crippen LogP contribution in [0.1, 0.15) is 28.4 Å². The molecule has 5 nitrogen and oxygen atoms in total. The van der Waals surface area contributed by atoms with Gasteiger partial charge in [0.15, 0.2) is 0 Å². The molecule has 6 heteroatoms. The summed E-state index contributed by atoms with van der Waals surface area (Å²) >= 11 is 0. The third-order valence-corrected chi connectivity index (χ3v) is 5.11. The molecule has 128 valence electrons. The maximum absolute atomic E-state index is 12.0. The van der Waals surface area contributed by atoms with Gasteiger partial charge in [0.2, 0.25) is 10.0 Å². The highest BCUT2D eigenvalue weighted by Crippen LogP contribution is 2.11. The number of amides is 1. The van der Waals surface area contributed by atoms with E-state index in [4.69, 9.17) is 0 Å². The van der Waals surface area contributed by atoms with Gasteiger partial charge in [-0.1, -0.05) is 36.8 Å². The number of nitrogens with one attached hydrogen (secondary N) is 2. The predicted octanol–water partition coefficient (Wildman–Crippen LogP) is 2.27. The molecule has 0 unspecified atom stereocenters. The summed E-state index contributed by atoms with van der Waals surface area (Å²) in [5.41, 5.74) is 2.65.